The second-order valence-electron chi connectivity index (χ2n) is 7.53. The van der Waals surface area contributed by atoms with Crippen molar-refractivity contribution in [1.82, 2.24) is 14.8 Å². The Morgan fingerprint density at radius 3 is 2.47 bits per heavy atom. The molecule has 11 heteroatoms. The minimum absolute atomic E-state index is 0.0180. The first-order valence-corrected chi connectivity index (χ1v) is 11.1. The van der Waals surface area contributed by atoms with Crippen LogP contribution < -0.4 is 10.1 Å². The Kier molecular flexibility index (Phi) is 7.56. The Hall–Kier alpha value is -3.89. The fraction of sp³-hybridized carbons (Fsp3) is 0.160. The van der Waals surface area contributed by atoms with Crippen LogP contribution in [0.1, 0.15) is 15.9 Å². The second-order valence-corrected chi connectivity index (χ2v) is 7.94. The number of rotatable bonds is 8. The van der Waals surface area contributed by atoms with Gasteiger partial charge in [0.05, 0.1) is 28.4 Å². The van der Waals surface area contributed by atoms with E-state index in [0.29, 0.717) is 22.0 Å². The molecule has 0 bridgehead atoms. The van der Waals surface area contributed by atoms with Crippen molar-refractivity contribution in [2.45, 2.75) is 6.18 Å². The van der Waals surface area contributed by atoms with Crippen LogP contribution >= 0.6 is 11.6 Å². The van der Waals surface area contributed by atoms with Gasteiger partial charge in [0.25, 0.3) is 5.91 Å². The van der Waals surface area contributed by atoms with E-state index in [1.165, 1.54) is 23.9 Å². The standard InChI is InChI=1S/C25H20ClF3N4O3/c1-35-13-14-36-24-31-22(16-5-4-6-17(15-16)25(27,28)29)33(32-24)19-11-9-18(10-12-19)30-23(34)20-7-2-3-8-21(20)26/h2-12,15H,13-14H2,1H3,(H,30,34). The lowest BCUT2D eigenvalue weighted by atomic mass is 10.1. The van der Waals surface area contributed by atoms with E-state index >= 15 is 0 Å². The second kappa shape index (κ2) is 10.8. The van der Waals surface area contributed by atoms with Crippen LogP contribution in [0.25, 0.3) is 17.1 Å². The smallest absolute Gasteiger partial charge is 0.416 e. The average molecular weight is 517 g/mol. The van der Waals surface area contributed by atoms with Crippen LogP contribution in [-0.2, 0) is 10.9 Å². The third-order valence-electron chi connectivity index (χ3n) is 5.04. The lowest BCUT2D eigenvalue weighted by Crippen LogP contribution is -2.12. The number of hydrogen-bond donors (Lipinski definition) is 1. The molecule has 7 nitrogen and oxygen atoms in total. The predicted molar refractivity (Wildman–Crippen MR) is 129 cm³/mol. The lowest BCUT2D eigenvalue weighted by Gasteiger charge is -2.10. The Morgan fingerprint density at radius 2 is 1.78 bits per heavy atom. The van der Waals surface area contributed by atoms with Crippen molar-refractivity contribution in [2.24, 2.45) is 0 Å². The first kappa shape index (κ1) is 25.2. The molecule has 0 aliphatic carbocycles. The quantitative estimate of drug-likeness (QED) is 0.296. The maximum absolute atomic E-state index is 13.3. The van der Waals surface area contributed by atoms with E-state index in [1.807, 2.05) is 0 Å². The molecule has 1 heterocycles. The topological polar surface area (TPSA) is 78.3 Å². The zero-order valence-electron chi connectivity index (χ0n) is 18.9. The van der Waals surface area contributed by atoms with E-state index in [4.69, 9.17) is 21.1 Å². The number of hydrogen-bond acceptors (Lipinski definition) is 5. The first-order chi connectivity index (χ1) is 17.3. The molecule has 0 atom stereocenters. The number of carbonyl (C=O) groups excluding carboxylic acids is 1. The zero-order chi connectivity index (χ0) is 25.7. The van der Waals surface area contributed by atoms with E-state index in [2.05, 4.69) is 15.4 Å². The van der Waals surface area contributed by atoms with Crippen LogP contribution in [0.2, 0.25) is 5.02 Å². The molecule has 1 aromatic heterocycles. The first-order valence-electron chi connectivity index (χ1n) is 10.7. The third kappa shape index (κ3) is 5.84. The van der Waals surface area contributed by atoms with Gasteiger partial charge in [-0.1, -0.05) is 35.9 Å². The van der Waals surface area contributed by atoms with Crippen molar-refractivity contribution in [3.8, 4) is 23.1 Å². The van der Waals surface area contributed by atoms with Crippen molar-refractivity contribution in [2.75, 3.05) is 25.6 Å². The summed E-state index contributed by atoms with van der Waals surface area (Å²) in [5.41, 5.74) is 0.696. The fourth-order valence-corrected chi connectivity index (χ4v) is 3.52. The van der Waals surface area contributed by atoms with Crippen LogP contribution in [0, 0.1) is 0 Å². The highest BCUT2D eigenvalue weighted by atomic mass is 35.5. The van der Waals surface area contributed by atoms with Gasteiger partial charge in [-0.05, 0) is 48.5 Å². The molecule has 0 unspecified atom stereocenters. The Balaban J connectivity index is 1.65. The van der Waals surface area contributed by atoms with Gasteiger partial charge in [-0.3, -0.25) is 4.79 Å². The molecular formula is C25H20ClF3N4O3. The molecule has 186 valence electrons. The molecule has 0 saturated carbocycles. The van der Waals surface area contributed by atoms with E-state index in [9.17, 15) is 18.0 Å². The molecule has 4 aromatic rings. The van der Waals surface area contributed by atoms with Gasteiger partial charge >= 0.3 is 12.2 Å². The number of benzene rings is 3. The number of nitrogens with one attached hydrogen (secondary N) is 1. The largest absolute Gasteiger partial charge is 0.460 e. The average Bonchev–Trinajstić information content (AvgIpc) is 3.29. The summed E-state index contributed by atoms with van der Waals surface area (Å²) in [4.78, 5) is 16.8. The number of amides is 1. The highest BCUT2D eigenvalue weighted by Gasteiger charge is 2.31. The maximum Gasteiger partial charge on any atom is 0.416 e. The molecule has 0 fully saturated rings. The van der Waals surface area contributed by atoms with E-state index in [0.717, 1.165) is 12.1 Å². The third-order valence-corrected chi connectivity index (χ3v) is 5.37. The highest BCUT2D eigenvalue weighted by Crippen LogP contribution is 2.33. The molecule has 0 aliphatic heterocycles. The Labute approximate surface area is 209 Å². The van der Waals surface area contributed by atoms with Crippen LogP contribution in [0.5, 0.6) is 6.01 Å². The van der Waals surface area contributed by atoms with Crippen molar-refractivity contribution in [3.05, 3.63) is 88.9 Å². The summed E-state index contributed by atoms with van der Waals surface area (Å²) < 4.78 is 51.7. The van der Waals surface area contributed by atoms with E-state index in [1.54, 1.807) is 48.5 Å². The molecule has 36 heavy (non-hydrogen) atoms. The van der Waals surface area contributed by atoms with Crippen molar-refractivity contribution in [3.63, 3.8) is 0 Å². The van der Waals surface area contributed by atoms with Gasteiger partial charge in [0, 0.05) is 18.4 Å². The van der Waals surface area contributed by atoms with Crippen molar-refractivity contribution < 1.29 is 27.4 Å². The highest BCUT2D eigenvalue weighted by molar-refractivity contribution is 6.34. The lowest BCUT2D eigenvalue weighted by molar-refractivity contribution is -0.137. The van der Waals surface area contributed by atoms with Gasteiger partial charge in [0.2, 0.25) is 0 Å². The minimum Gasteiger partial charge on any atom is -0.460 e. The van der Waals surface area contributed by atoms with Crippen LogP contribution in [-0.4, -0.2) is 41.0 Å². The number of carbonyl (C=O) groups is 1. The molecule has 1 N–H and O–H groups in total. The SMILES string of the molecule is COCCOc1nc(-c2cccc(C(F)(F)F)c2)n(-c2ccc(NC(=O)c3ccccc3Cl)cc2)n1. The van der Waals surface area contributed by atoms with Crippen LogP contribution in [0.4, 0.5) is 18.9 Å². The number of anilines is 1. The molecule has 0 spiro atoms. The van der Waals surface area contributed by atoms with Gasteiger partial charge in [0.15, 0.2) is 5.82 Å². The summed E-state index contributed by atoms with van der Waals surface area (Å²) in [7, 11) is 1.51. The Bertz CT molecular complexity index is 1360. The minimum atomic E-state index is -4.51. The van der Waals surface area contributed by atoms with Crippen molar-refractivity contribution in [1.29, 1.82) is 0 Å². The van der Waals surface area contributed by atoms with Crippen molar-refractivity contribution >= 4 is 23.2 Å². The molecule has 0 aliphatic rings. The van der Waals surface area contributed by atoms with Crippen LogP contribution in [0.15, 0.2) is 72.8 Å². The summed E-state index contributed by atoms with van der Waals surface area (Å²) >= 11 is 6.08. The molecule has 1 amide bonds. The van der Waals surface area contributed by atoms with E-state index in [-0.39, 0.29) is 36.5 Å². The van der Waals surface area contributed by atoms with Gasteiger partial charge in [-0.25, -0.2) is 4.68 Å². The van der Waals surface area contributed by atoms with Gasteiger partial charge < -0.3 is 14.8 Å². The number of halogens is 4. The Morgan fingerprint density at radius 1 is 1.03 bits per heavy atom. The zero-order valence-corrected chi connectivity index (χ0v) is 19.7. The van der Waals surface area contributed by atoms with Gasteiger partial charge in [0.1, 0.15) is 6.61 Å². The summed E-state index contributed by atoms with van der Waals surface area (Å²) in [5, 5.41) is 7.39. The molecule has 0 saturated heterocycles. The molecular weight excluding hydrogens is 497 g/mol. The number of nitrogens with zero attached hydrogens (tertiary/aromatic N) is 3. The summed E-state index contributed by atoms with van der Waals surface area (Å²) in [6.45, 7) is 0.447. The number of ether oxygens (including phenoxy) is 2. The fourth-order valence-electron chi connectivity index (χ4n) is 3.30. The molecule has 4 rings (SSSR count). The normalized spacial score (nSPS) is 11.4. The number of alkyl halides is 3. The summed E-state index contributed by atoms with van der Waals surface area (Å²) in [6, 6.07) is 18.0. The number of aromatic nitrogens is 3. The summed E-state index contributed by atoms with van der Waals surface area (Å²) in [6.07, 6.45) is -4.51. The predicted octanol–water partition coefficient (Wildman–Crippen LogP) is 5.88. The monoisotopic (exact) mass is 516 g/mol. The van der Waals surface area contributed by atoms with Crippen LogP contribution in [0.3, 0.4) is 0 Å². The molecule has 3 aromatic carbocycles. The van der Waals surface area contributed by atoms with E-state index < -0.39 is 11.7 Å². The summed E-state index contributed by atoms with van der Waals surface area (Å²) in [5.74, 6) is -0.228. The van der Waals surface area contributed by atoms with Gasteiger partial charge in [-0.2, -0.15) is 18.2 Å². The molecule has 0 radical (unpaired) electrons. The maximum atomic E-state index is 13.3. The van der Waals surface area contributed by atoms with Gasteiger partial charge in [-0.15, -0.1) is 5.10 Å². The number of methoxy groups -OCH3 is 1.